The van der Waals surface area contributed by atoms with Crippen LogP contribution in [0.25, 0.3) is 5.57 Å². The minimum Gasteiger partial charge on any atom is -0.410 e. The van der Waals surface area contributed by atoms with Crippen LogP contribution in [0.1, 0.15) is 18.1 Å². The zero-order chi connectivity index (χ0) is 20.2. The molecule has 0 saturated heterocycles. The number of carbonyl (C=O) groups excluding carboxylic acids is 1. The standard InChI is InChI=1S/C18H13Cl2F3N2O2/c1-10(26)24-15-4-2-11(3-5-15)17(25-27)9-16(18(21,22)23)12-6-13(19)8-14(20)7-12/h2-9,27H,1H3,(H,24,26)/b16-9-,25-17-. The number of nitrogens with zero attached hydrogens (tertiary/aromatic N) is 1. The molecule has 2 N–H and O–H groups in total. The number of carbonyl (C=O) groups is 1. The number of halogens is 5. The third kappa shape index (κ3) is 5.74. The van der Waals surface area contributed by atoms with Gasteiger partial charge in [-0.2, -0.15) is 13.2 Å². The van der Waals surface area contributed by atoms with Crippen LogP contribution in [0.15, 0.2) is 53.7 Å². The normalized spacial score (nSPS) is 12.8. The SMILES string of the molecule is CC(=O)Nc1ccc(C(/C=C(/c2cc(Cl)cc(Cl)c2)C(F)(F)F)=N\O)cc1. The van der Waals surface area contributed by atoms with E-state index in [2.05, 4.69) is 10.5 Å². The Morgan fingerprint density at radius 3 is 2.07 bits per heavy atom. The molecule has 1 amide bonds. The summed E-state index contributed by atoms with van der Waals surface area (Å²) in [7, 11) is 0. The van der Waals surface area contributed by atoms with Crippen molar-refractivity contribution in [1.29, 1.82) is 0 Å². The number of amides is 1. The number of allylic oxidation sites excluding steroid dienone is 2. The summed E-state index contributed by atoms with van der Waals surface area (Å²) in [6, 6.07) is 9.30. The summed E-state index contributed by atoms with van der Waals surface area (Å²) >= 11 is 11.6. The third-order valence-electron chi connectivity index (χ3n) is 3.37. The van der Waals surface area contributed by atoms with Crippen molar-refractivity contribution in [1.82, 2.24) is 0 Å². The number of hydrogen-bond acceptors (Lipinski definition) is 3. The van der Waals surface area contributed by atoms with Gasteiger partial charge in [0.05, 0.1) is 5.57 Å². The van der Waals surface area contributed by atoms with Gasteiger partial charge in [-0.05, 0) is 42.0 Å². The molecule has 0 fully saturated rings. The molecule has 2 rings (SSSR count). The molecule has 0 saturated carbocycles. The number of alkyl halides is 3. The van der Waals surface area contributed by atoms with Gasteiger partial charge in [-0.15, -0.1) is 0 Å². The first-order valence-corrected chi connectivity index (χ1v) is 8.21. The van der Waals surface area contributed by atoms with Crippen LogP contribution < -0.4 is 5.32 Å². The molecule has 0 aliphatic rings. The van der Waals surface area contributed by atoms with Crippen molar-refractivity contribution in [3.63, 3.8) is 0 Å². The van der Waals surface area contributed by atoms with E-state index in [0.717, 1.165) is 12.1 Å². The molecular weight excluding hydrogens is 404 g/mol. The quantitative estimate of drug-likeness (QED) is 0.377. The summed E-state index contributed by atoms with van der Waals surface area (Å²) in [5.74, 6) is -0.295. The molecule has 0 radical (unpaired) electrons. The fourth-order valence-corrected chi connectivity index (χ4v) is 2.80. The fourth-order valence-electron chi connectivity index (χ4n) is 2.27. The number of rotatable bonds is 4. The highest BCUT2D eigenvalue weighted by molar-refractivity contribution is 6.35. The monoisotopic (exact) mass is 416 g/mol. The summed E-state index contributed by atoms with van der Waals surface area (Å²) in [5, 5.41) is 14.8. The molecule has 2 aromatic carbocycles. The first kappa shape index (κ1) is 20.8. The minimum atomic E-state index is -4.75. The number of anilines is 1. The summed E-state index contributed by atoms with van der Waals surface area (Å²) < 4.78 is 40.7. The van der Waals surface area contributed by atoms with E-state index in [1.807, 2.05) is 0 Å². The lowest BCUT2D eigenvalue weighted by atomic mass is 10.0. The Balaban J connectivity index is 2.49. The van der Waals surface area contributed by atoms with Crippen molar-refractivity contribution in [2.45, 2.75) is 13.1 Å². The minimum absolute atomic E-state index is 0.0368. The predicted octanol–water partition coefficient (Wildman–Crippen LogP) is 5.78. The van der Waals surface area contributed by atoms with Gasteiger partial charge in [-0.1, -0.05) is 40.5 Å². The molecule has 142 valence electrons. The first-order valence-electron chi connectivity index (χ1n) is 7.45. The van der Waals surface area contributed by atoms with Crippen molar-refractivity contribution in [2.75, 3.05) is 5.32 Å². The second-order valence-electron chi connectivity index (χ2n) is 5.46. The van der Waals surface area contributed by atoms with Crippen LogP contribution in [0.3, 0.4) is 0 Å². The molecule has 0 unspecified atom stereocenters. The average Bonchev–Trinajstić information content (AvgIpc) is 2.54. The van der Waals surface area contributed by atoms with Crippen LogP contribution in [-0.4, -0.2) is 23.0 Å². The van der Waals surface area contributed by atoms with Crippen LogP contribution in [0.5, 0.6) is 0 Å². The average molecular weight is 417 g/mol. The number of nitrogens with one attached hydrogen (secondary N) is 1. The zero-order valence-electron chi connectivity index (χ0n) is 13.8. The highest BCUT2D eigenvalue weighted by Gasteiger charge is 2.35. The van der Waals surface area contributed by atoms with Crippen molar-refractivity contribution in [2.24, 2.45) is 5.16 Å². The zero-order valence-corrected chi connectivity index (χ0v) is 15.3. The molecule has 2 aromatic rings. The Kier molecular flexibility index (Phi) is 6.51. The molecule has 27 heavy (non-hydrogen) atoms. The van der Waals surface area contributed by atoms with Gasteiger partial charge in [0.15, 0.2) is 0 Å². The number of hydrogen-bond donors (Lipinski definition) is 2. The van der Waals surface area contributed by atoms with E-state index < -0.39 is 11.7 Å². The second kappa shape index (κ2) is 8.45. The fraction of sp³-hybridized carbons (Fsp3) is 0.111. The Bertz CT molecular complexity index is 888. The molecule has 0 atom stereocenters. The largest absolute Gasteiger partial charge is 0.417 e. The van der Waals surface area contributed by atoms with Gasteiger partial charge in [0.2, 0.25) is 5.91 Å². The van der Waals surface area contributed by atoms with Crippen molar-refractivity contribution in [3.05, 3.63) is 69.7 Å². The van der Waals surface area contributed by atoms with Gasteiger partial charge in [-0.3, -0.25) is 4.79 Å². The summed E-state index contributed by atoms with van der Waals surface area (Å²) in [5.41, 5.74) is -1.01. The Hall–Kier alpha value is -2.51. The molecular formula is C18H13Cl2F3N2O2. The van der Waals surface area contributed by atoms with E-state index >= 15 is 0 Å². The maximum Gasteiger partial charge on any atom is 0.417 e. The summed E-state index contributed by atoms with van der Waals surface area (Å²) in [6.45, 7) is 1.32. The summed E-state index contributed by atoms with van der Waals surface area (Å²) in [4.78, 5) is 11.0. The van der Waals surface area contributed by atoms with Gasteiger partial charge < -0.3 is 10.5 Å². The Morgan fingerprint density at radius 2 is 1.63 bits per heavy atom. The molecule has 0 aliphatic carbocycles. The molecule has 0 bridgehead atoms. The molecule has 9 heteroatoms. The van der Waals surface area contributed by atoms with E-state index in [1.165, 1.54) is 37.3 Å². The molecule has 0 heterocycles. The smallest absolute Gasteiger partial charge is 0.410 e. The van der Waals surface area contributed by atoms with E-state index in [9.17, 15) is 23.2 Å². The third-order valence-corrected chi connectivity index (χ3v) is 3.81. The van der Waals surface area contributed by atoms with Crippen LogP contribution in [-0.2, 0) is 4.79 Å². The highest BCUT2D eigenvalue weighted by Crippen LogP contribution is 2.36. The lowest BCUT2D eigenvalue weighted by Gasteiger charge is -2.14. The van der Waals surface area contributed by atoms with E-state index in [0.29, 0.717) is 11.8 Å². The van der Waals surface area contributed by atoms with Gasteiger partial charge in [0.1, 0.15) is 5.71 Å². The van der Waals surface area contributed by atoms with Crippen LogP contribution >= 0.6 is 23.2 Å². The van der Waals surface area contributed by atoms with E-state index in [-0.39, 0.29) is 32.8 Å². The maximum absolute atomic E-state index is 13.6. The summed E-state index contributed by atoms with van der Waals surface area (Å²) in [6.07, 6.45) is -4.06. The lowest BCUT2D eigenvalue weighted by Crippen LogP contribution is -2.13. The second-order valence-corrected chi connectivity index (χ2v) is 6.33. The Labute approximate surface area is 162 Å². The molecule has 0 spiro atoms. The molecule has 4 nitrogen and oxygen atoms in total. The van der Waals surface area contributed by atoms with Crippen LogP contribution in [0, 0.1) is 0 Å². The number of benzene rings is 2. The topological polar surface area (TPSA) is 61.7 Å². The predicted molar refractivity (Wildman–Crippen MR) is 99.6 cm³/mol. The van der Waals surface area contributed by atoms with Crippen LogP contribution in [0.2, 0.25) is 10.0 Å². The van der Waals surface area contributed by atoms with Crippen molar-refractivity contribution >= 4 is 46.1 Å². The van der Waals surface area contributed by atoms with Gasteiger partial charge in [0, 0.05) is 28.2 Å². The van der Waals surface area contributed by atoms with Gasteiger partial charge in [0.25, 0.3) is 0 Å². The van der Waals surface area contributed by atoms with E-state index in [1.54, 1.807) is 0 Å². The first-order chi connectivity index (χ1) is 12.6. The lowest BCUT2D eigenvalue weighted by molar-refractivity contribution is -0.114. The van der Waals surface area contributed by atoms with E-state index in [4.69, 9.17) is 23.2 Å². The van der Waals surface area contributed by atoms with Gasteiger partial charge >= 0.3 is 6.18 Å². The van der Waals surface area contributed by atoms with Crippen molar-refractivity contribution < 1.29 is 23.2 Å². The maximum atomic E-state index is 13.6. The highest BCUT2D eigenvalue weighted by atomic mass is 35.5. The number of oxime groups is 1. The Morgan fingerprint density at radius 1 is 1.07 bits per heavy atom. The van der Waals surface area contributed by atoms with Crippen molar-refractivity contribution in [3.8, 4) is 0 Å². The van der Waals surface area contributed by atoms with Gasteiger partial charge in [-0.25, -0.2) is 0 Å². The van der Waals surface area contributed by atoms with Crippen LogP contribution in [0.4, 0.5) is 18.9 Å². The molecule has 0 aromatic heterocycles. The molecule has 0 aliphatic heterocycles.